The summed E-state index contributed by atoms with van der Waals surface area (Å²) in [7, 11) is 0. The van der Waals surface area contributed by atoms with Gasteiger partial charge in [-0.3, -0.25) is 0 Å². The largest absolute Gasteiger partial charge is 0.480 e. The number of carboxylic acids is 1. The number of ether oxygens (including phenoxy) is 1. The van der Waals surface area contributed by atoms with E-state index in [4.69, 9.17) is 4.74 Å². The summed E-state index contributed by atoms with van der Waals surface area (Å²) in [6.07, 6.45) is 7.52. The highest BCUT2D eigenvalue weighted by Crippen LogP contribution is 2.26. The fourth-order valence-electron chi connectivity index (χ4n) is 2.41. The Hall–Kier alpha value is -1.52. The average molecular weight is 269 g/mol. The van der Waals surface area contributed by atoms with Gasteiger partial charge in [0.2, 0.25) is 0 Å². The molecule has 0 bridgehead atoms. The van der Waals surface area contributed by atoms with E-state index in [1.165, 1.54) is 0 Å². The molecular formula is C14H23NO4. The molecule has 1 amide bonds. The van der Waals surface area contributed by atoms with Crippen LogP contribution >= 0.6 is 0 Å². The Bertz CT molecular complexity index is 311. The molecule has 0 saturated heterocycles. The smallest absolute Gasteiger partial charge is 0.407 e. The van der Waals surface area contributed by atoms with Crippen LogP contribution in [0.5, 0.6) is 0 Å². The van der Waals surface area contributed by atoms with Crippen LogP contribution in [0.25, 0.3) is 0 Å². The lowest BCUT2D eigenvalue weighted by Crippen LogP contribution is -2.46. The number of nitrogens with one attached hydrogen (secondary N) is 1. The standard InChI is InChI=1S/C14H23NO4/c1-2-3-7-10-19-14(18)15-12(13(16)17)11-8-5-4-6-9-11/h2,11-12H,1,3-10H2,(H,15,18)(H,16,17)/t12-/m0/s1. The van der Waals surface area contributed by atoms with Crippen LogP contribution in [0.4, 0.5) is 4.79 Å². The first-order chi connectivity index (χ1) is 9.15. The van der Waals surface area contributed by atoms with Crippen molar-refractivity contribution in [3.63, 3.8) is 0 Å². The molecule has 0 aromatic heterocycles. The second-order valence-corrected chi connectivity index (χ2v) is 4.93. The lowest BCUT2D eigenvalue weighted by atomic mass is 9.84. The van der Waals surface area contributed by atoms with Gasteiger partial charge in [-0.15, -0.1) is 6.58 Å². The molecule has 0 unspecified atom stereocenters. The summed E-state index contributed by atoms with van der Waals surface area (Å²) in [6, 6.07) is -0.827. The van der Waals surface area contributed by atoms with E-state index in [0.717, 1.165) is 38.5 Å². The van der Waals surface area contributed by atoms with E-state index in [1.807, 2.05) is 0 Å². The zero-order valence-electron chi connectivity index (χ0n) is 11.3. The number of carbonyl (C=O) groups excluding carboxylic acids is 1. The van der Waals surface area contributed by atoms with Crippen molar-refractivity contribution >= 4 is 12.1 Å². The Morgan fingerprint density at radius 1 is 1.37 bits per heavy atom. The lowest BCUT2D eigenvalue weighted by molar-refractivity contribution is -0.141. The summed E-state index contributed by atoms with van der Waals surface area (Å²) in [6.45, 7) is 3.86. The fourth-order valence-corrected chi connectivity index (χ4v) is 2.41. The first-order valence-corrected chi connectivity index (χ1v) is 6.92. The molecule has 1 aliphatic carbocycles. The van der Waals surface area contributed by atoms with Crippen LogP contribution in [0, 0.1) is 5.92 Å². The van der Waals surface area contributed by atoms with E-state index in [9.17, 15) is 14.7 Å². The second kappa shape index (κ2) is 8.56. The van der Waals surface area contributed by atoms with E-state index in [0.29, 0.717) is 6.42 Å². The highest BCUT2D eigenvalue weighted by molar-refractivity contribution is 5.80. The summed E-state index contributed by atoms with van der Waals surface area (Å²) in [5, 5.41) is 11.7. The van der Waals surface area contributed by atoms with Crippen molar-refractivity contribution in [2.75, 3.05) is 6.61 Å². The van der Waals surface area contributed by atoms with E-state index in [2.05, 4.69) is 11.9 Å². The van der Waals surface area contributed by atoms with Crippen LogP contribution in [-0.2, 0) is 9.53 Å². The van der Waals surface area contributed by atoms with Crippen molar-refractivity contribution < 1.29 is 19.4 Å². The summed E-state index contributed by atoms with van der Waals surface area (Å²) >= 11 is 0. The van der Waals surface area contributed by atoms with E-state index in [1.54, 1.807) is 6.08 Å². The first-order valence-electron chi connectivity index (χ1n) is 6.92. The van der Waals surface area contributed by atoms with Gasteiger partial charge in [-0.1, -0.05) is 25.3 Å². The number of carbonyl (C=O) groups is 2. The maximum absolute atomic E-state index is 11.5. The molecular weight excluding hydrogens is 246 g/mol. The SMILES string of the molecule is C=CCCCOC(=O)N[C@H](C(=O)O)C1CCCCC1. The minimum Gasteiger partial charge on any atom is -0.480 e. The topological polar surface area (TPSA) is 75.6 Å². The van der Waals surface area contributed by atoms with Crippen LogP contribution in [0.15, 0.2) is 12.7 Å². The zero-order valence-corrected chi connectivity index (χ0v) is 11.3. The maximum atomic E-state index is 11.5. The van der Waals surface area contributed by atoms with Crippen LogP contribution < -0.4 is 5.32 Å². The number of aliphatic carboxylic acids is 1. The molecule has 1 aliphatic rings. The number of allylic oxidation sites excluding steroid dienone is 1. The van der Waals surface area contributed by atoms with Crippen LogP contribution in [-0.4, -0.2) is 29.8 Å². The minimum atomic E-state index is -0.977. The number of alkyl carbamates (subject to hydrolysis) is 1. The van der Waals surface area contributed by atoms with Gasteiger partial charge in [0.15, 0.2) is 0 Å². The predicted octanol–water partition coefficient (Wildman–Crippen LogP) is 2.71. The minimum absolute atomic E-state index is 0.0203. The lowest BCUT2D eigenvalue weighted by Gasteiger charge is -2.27. The third-order valence-corrected chi connectivity index (χ3v) is 3.45. The normalized spacial score (nSPS) is 17.5. The molecule has 5 heteroatoms. The summed E-state index contributed by atoms with van der Waals surface area (Å²) < 4.78 is 4.95. The van der Waals surface area contributed by atoms with E-state index in [-0.39, 0.29) is 12.5 Å². The molecule has 0 spiro atoms. The monoisotopic (exact) mass is 269 g/mol. The van der Waals surface area contributed by atoms with Gasteiger partial charge in [0, 0.05) is 0 Å². The van der Waals surface area contributed by atoms with E-state index < -0.39 is 18.1 Å². The molecule has 1 fully saturated rings. The third kappa shape index (κ3) is 5.77. The van der Waals surface area contributed by atoms with Crippen molar-refractivity contribution in [1.29, 1.82) is 0 Å². The fraction of sp³-hybridized carbons (Fsp3) is 0.714. The van der Waals surface area contributed by atoms with Gasteiger partial charge in [-0.25, -0.2) is 9.59 Å². The highest BCUT2D eigenvalue weighted by Gasteiger charge is 2.31. The molecule has 5 nitrogen and oxygen atoms in total. The second-order valence-electron chi connectivity index (χ2n) is 4.93. The van der Waals surface area contributed by atoms with Crippen molar-refractivity contribution in [1.82, 2.24) is 5.32 Å². The molecule has 1 atom stereocenters. The summed E-state index contributed by atoms with van der Waals surface area (Å²) in [5.74, 6) is -0.957. The number of carboxylic acid groups (broad SMARTS) is 1. The number of hydrogen-bond acceptors (Lipinski definition) is 3. The van der Waals surface area contributed by atoms with Crippen molar-refractivity contribution in [2.45, 2.75) is 51.0 Å². The van der Waals surface area contributed by atoms with Gasteiger partial charge >= 0.3 is 12.1 Å². The number of hydrogen-bond donors (Lipinski definition) is 2. The van der Waals surface area contributed by atoms with Crippen molar-refractivity contribution in [3.05, 3.63) is 12.7 Å². The molecule has 1 saturated carbocycles. The Balaban J connectivity index is 2.37. The quantitative estimate of drug-likeness (QED) is 0.550. The Morgan fingerprint density at radius 2 is 2.05 bits per heavy atom. The molecule has 1 rings (SSSR count). The van der Waals surface area contributed by atoms with Gasteiger partial charge in [0.05, 0.1) is 6.61 Å². The third-order valence-electron chi connectivity index (χ3n) is 3.45. The van der Waals surface area contributed by atoms with Crippen LogP contribution in [0.2, 0.25) is 0 Å². The zero-order chi connectivity index (χ0) is 14.1. The van der Waals surface area contributed by atoms with E-state index >= 15 is 0 Å². The van der Waals surface area contributed by atoms with Gasteiger partial charge in [0.25, 0.3) is 0 Å². The molecule has 0 heterocycles. The first kappa shape index (κ1) is 15.5. The highest BCUT2D eigenvalue weighted by atomic mass is 16.5. The van der Waals surface area contributed by atoms with Crippen molar-refractivity contribution in [3.8, 4) is 0 Å². The Labute approximate surface area is 114 Å². The van der Waals surface area contributed by atoms with Gasteiger partial charge < -0.3 is 15.2 Å². The van der Waals surface area contributed by atoms with Crippen LogP contribution in [0.1, 0.15) is 44.9 Å². The Kier molecular flexibility index (Phi) is 7.00. The van der Waals surface area contributed by atoms with Crippen molar-refractivity contribution in [2.24, 2.45) is 5.92 Å². The number of unbranched alkanes of at least 4 members (excludes halogenated alkanes) is 1. The van der Waals surface area contributed by atoms with Gasteiger partial charge in [-0.05, 0) is 31.6 Å². The molecule has 0 aromatic carbocycles. The van der Waals surface area contributed by atoms with Gasteiger partial charge in [-0.2, -0.15) is 0 Å². The van der Waals surface area contributed by atoms with Crippen LogP contribution in [0.3, 0.4) is 0 Å². The van der Waals surface area contributed by atoms with Gasteiger partial charge in [0.1, 0.15) is 6.04 Å². The molecule has 0 aliphatic heterocycles. The number of amides is 1. The molecule has 2 N–H and O–H groups in total. The summed E-state index contributed by atoms with van der Waals surface area (Å²) in [4.78, 5) is 22.8. The Morgan fingerprint density at radius 3 is 2.63 bits per heavy atom. The predicted molar refractivity (Wildman–Crippen MR) is 71.9 cm³/mol. The molecule has 108 valence electrons. The number of rotatable bonds is 7. The molecule has 0 radical (unpaired) electrons. The molecule has 0 aromatic rings. The molecule has 19 heavy (non-hydrogen) atoms. The summed E-state index contributed by atoms with van der Waals surface area (Å²) in [5.41, 5.74) is 0. The maximum Gasteiger partial charge on any atom is 0.407 e. The average Bonchev–Trinajstić information content (AvgIpc) is 2.41.